The van der Waals surface area contributed by atoms with Crippen molar-refractivity contribution in [2.45, 2.75) is 31.5 Å². The van der Waals surface area contributed by atoms with Gasteiger partial charge in [0.1, 0.15) is 0 Å². The lowest BCUT2D eigenvalue weighted by molar-refractivity contribution is -0.123. The number of carbonyl (C=O) groups excluding carboxylic acids is 1. The summed E-state index contributed by atoms with van der Waals surface area (Å²) in [6, 6.07) is 7.82. The van der Waals surface area contributed by atoms with Crippen molar-refractivity contribution in [1.29, 1.82) is 0 Å². The smallest absolute Gasteiger partial charge is 0.220 e. The first-order valence-corrected chi connectivity index (χ1v) is 5.84. The predicted octanol–water partition coefficient (Wildman–Crippen LogP) is 1.11. The number of piperidine rings is 1. The highest BCUT2D eigenvalue weighted by Gasteiger charge is 2.28. The highest BCUT2D eigenvalue weighted by Crippen LogP contribution is 2.25. The van der Waals surface area contributed by atoms with Crippen LogP contribution in [0.4, 0.5) is 0 Å². The molecule has 1 aliphatic rings. The molecule has 1 fully saturated rings. The highest BCUT2D eigenvalue weighted by molar-refractivity contribution is 5.77. The van der Waals surface area contributed by atoms with Gasteiger partial charge in [-0.2, -0.15) is 0 Å². The van der Waals surface area contributed by atoms with Crippen LogP contribution in [-0.4, -0.2) is 19.1 Å². The molecule has 3 N–H and O–H groups in total. The van der Waals surface area contributed by atoms with Crippen LogP contribution in [0, 0.1) is 0 Å². The Morgan fingerprint density at radius 1 is 1.47 bits per heavy atom. The Morgan fingerprint density at radius 3 is 3.00 bits per heavy atom. The van der Waals surface area contributed by atoms with E-state index >= 15 is 0 Å². The minimum absolute atomic E-state index is 0.0225. The molecule has 0 saturated carbocycles. The molecule has 0 aliphatic carbocycles. The molecule has 1 aliphatic heterocycles. The quantitative estimate of drug-likeness (QED) is 0.823. The average Bonchev–Trinajstić information content (AvgIpc) is 2.34. The van der Waals surface area contributed by atoms with E-state index in [9.17, 15) is 4.79 Å². The van der Waals surface area contributed by atoms with Gasteiger partial charge in [0.05, 0.1) is 12.6 Å². The van der Waals surface area contributed by atoms with E-state index in [0.717, 1.165) is 17.5 Å². The maximum absolute atomic E-state index is 11.5. The van der Waals surface area contributed by atoms with Crippen LogP contribution in [0.15, 0.2) is 24.3 Å². The van der Waals surface area contributed by atoms with Gasteiger partial charge in [0, 0.05) is 19.6 Å². The van der Waals surface area contributed by atoms with Crippen LogP contribution >= 0.6 is 0 Å². The summed E-state index contributed by atoms with van der Waals surface area (Å²) in [6.07, 6.45) is 1.25. The Kier molecular flexibility index (Phi) is 3.76. The van der Waals surface area contributed by atoms with Gasteiger partial charge >= 0.3 is 0 Å². The van der Waals surface area contributed by atoms with Crippen molar-refractivity contribution >= 4 is 5.91 Å². The van der Waals surface area contributed by atoms with Gasteiger partial charge in [0.2, 0.25) is 5.91 Å². The van der Waals surface area contributed by atoms with Crippen molar-refractivity contribution in [2.75, 3.05) is 7.11 Å². The van der Waals surface area contributed by atoms with E-state index in [0.29, 0.717) is 13.0 Å². The van der Waals surface area contributed by atoms with Crippen molar-refractivity contribution in [3.05, 3.63) is 35.4 Å². The number of nitrogens with two attached hydrogens (primary N) is 1. The zero-order chi connectivity index (χ0) is 12.3. The molecule has 0 radical (unpaired) electrons. The van der Waals surface area contributed by atoms with Crippen LogP contribution in [0.1, 0.15) is 30.0 Å². The van der Waals surface area contributed by atoms with Crippen LogP contribution < -0.4 is 11.1 Å². The molecule has 1 aromatic carbocycles. The number of methoxy groups -OCH3 is 1. The lowest BCUT2D eigenvalue weighted by atomic mass is 9.90. The van der Waals surface area contributed by atoms with Crippen molar-refractivity contribution in [2.24, 2.45) is 5.73 Å². The summed E-state index contributed by atoms with van der Waals surface area (Å²) in [6.45, 7) is 0.537. The predicted molar refractivity (Wildman–Crippen MR) is 65.2 cm³/mol. The van der Waals surface area contributed by atoms with Gasteiger partial charge in [-0.1, -0.05) is 24.3 Å². The molecule has 0 aromatic heterocycles. The summed E-state index contributed by atoms with van der Waals surface area (Å²) in [5.74, 6) is 0.0731. The van der Waals surface area contributed by atoms with Gasteiger partial charge in [-0.3, -0.25) is 4.79 Å². The van der Waals surface area contributed by atoms with E-state index in [1.54, 1.807) is 7.11 Å². The number of carbonyl (C=O) groups is 1. The molecule has 4 heteroatoms. The minimum Gasteiger partial charge on any atom is -0.380 e. The number of nitrogens with one attached hydrogen (secondary N) is 1. The Morgan fingerprint density at radius 2 is 2.24 bits per heavy atom. The largest absolute Gasteiger partial charge is 0.380 e. The number of rotatable bonds is 3. The van der Waals surface area contributed by atoms with E-state index in [1.807, 2.05) is 24.3 Å². The topological polar surface area (TPSA) is 64.3 Å². The molecule has 17 heavy (non-hydrogen) atoms. The molecule has 1 amide bonds. The third-order valence-corrected chi connectivity index (χ3v) is 3.14. The van der Waals surface area contributed by atoms with Gasteiger partial charge < -0.3 is 15.8 Å². The zero-order valence-corrected chi connectivity index (χ0v) is 9.98. The molecular formula is C13H18N2O2. The number of benzene rings is 1. The zero-order valence-electron chi connectivity index (χ0n) is 9.98. The Hall–Kier alpha value is -1.39. The van der Waals surface area contributed by atoms with Gasteiger partial charge in [0.25, 0.3) is 0 Å². The van der Waals surface area contributed by atoms with Gasteiger partial charge in [-0.05, 0) is 17.5 Å². The maximum atomic E-state index is 11.5. The molecule has 1 saturated heterocycles. The molecule has 1 heterocycles. The molecule has 0 spiro atoms. The lowest BCUT2D eigenvalue weighted by Gasteiger charge is -2.31. The van der Waals surface area contributed by atoms with Gasteiger partial charge in [0.15, 0.2) is 0 Å². The SMILES string of the molecule is COCc1ccccc1C1NC(=O)CCC1N. The molecule has 92 valence electrons. The Balaban J connectivity index is 2.28. The van der Waals surface area contributed by atoms with E-state index in [1.165, 1.54) is 0 Å². The van der Waals surface area contributed by atoms with Crippen LogP contribution in [0.25, 0.3) is 0 Å². The first-order valence-electron chi connectivity index (χ1n) is 5.84. The van der Waals surface area contributed by atoms with Gasteiger partial charge in [-0.25, -0.2) is 0 Å². The van der Waals surface area contributed by atoms with E-state index in [4.69, 9.17) is 10.5 Å². The summed E-state index contributed by atoms with van der Waals surface area (Å²) in [5, 5.41) is 2.96. The molecule has 2 atom stereocenters. The van der Waals surface area contributed by atoms with Crippen molar-refractivity contribution in [3.63, 3.8) is 0 Å². The van der Waals surface area contributed by atoms with Crippen molar-refractivity contribution in [1.82, 2.24) is 5.32 Å². The van der Waals surface area contributed by atoms with Crippen LogP contribution in [0.5, 0.6) is 0 Å². The van der Waals surface area contributed by atoms with Crippen molar-refractivity contribution in [3.8, 4) is 0 Å². The normalized spacial score (nSPS) is 24.5. The van der Waals surface area contributed by atoms with Crippen LogP contribution in [0.3, 0.4) is 0 Å². The first kappa shape index (κ1) is 12.1. The summed E-state index contributed by atoms with van der Waals surface area (Å²) < 4.78 is 5.17. The second-order valence-electron chi connectivity index (χ2n) is 4.38. The second-order valence-corrected chi connectivity index (χ2v) is 4.38. The molecular weight excluding hydrogens is 216 g/mol. The average molecular weight is 234 g/mol. The summed E-state index contributed by atoms with van der Waals surface area (Å²) in [4.78, 5) is 11.5. The monoisotopic (exact) mass is 234 g/mol. The lowest BCUT2D eigenvalue weighted by Crippen LogP contribution is -2.46. The maximum Gasteiger partial charge on any atom is 0.220 e. The molecule has 1 aromatic rings. The standard InChI is InChI=1S/C13H18N2O2/c1-17-8-9-4-2-3-5-10(9)13-11(14)6-7-12(16)15-13/h2-5,11,13H,6-8,14H2,1H3,(H,15,16). The minimum atomic E-state index is -0.0948. The molecule has 2 rings (SSSR count). The molecule has 4 nitrogen and oxygen atoms in total. The number of ether oxygens (including phenoxy) is 1. The fourth-order valence-electron chi connectivity index (χ4n) is 2.25. The summed E-state index contributed by atoms with van der Waals surface area (Å²) >= 11 is 0. The Bertz CT molecular complexity index is 406. The number of hydrogen-bond acceptors (Lipinski definition) is 3. The number of amides is 1. The fraction of sp³-hybridized carbons (Fsp3) is 0.462. The van der Waals surface area contributed by atoms with Crippen molar-refractivity contribution < 1.29 is 9.53 Å². The number of hydrogen-bond donors (Lipinski definition) is 2. The second kappa shape index (κ2) is 5.29. The molecule has 0 bridgehead atoms. The summed E-state index contributed by atoms with van der Waals surface area (Å²) in [5.41, 5.74) is 8.23. The van der Waals surface area contributed by atoms with Crippen LogP contribution in [0.2, 0.25) is 0 Å². The third kappa shape index (κ3) is 2.65. The summed E-state index contributed by atoms with van der Waals surface area (Å²) in [7, 11) is 1.66. The highest BCUT2D eigenvalue weighted by atomic mass is 16.5. The first-order chi connectivity index (χ1) is 8.22. The van der Waals surface area contributed by atoms with Crippen LogP contribution in [-0.2, 0) is 16.1 Å². The van der Waals surface area contributed by atoms with Gasteiger partial charge in [-0.15, -0.1) is 0 Å². The third-order valence-electron chi connectivity index (χ3n) is 3.14. The van der Waals surface area contributed by atoms with E-state index in [2.05, 4.69) is 5.32 Å². The molecule has 2 unspecified atom stereocenters. The van der Waals surface area contributed by atoms with E-state index in [-0.39, 0.29) is 18.0 Å². The van der Waals surface area contributed by atoms with E-state index < -0.39 is 0 Å². The Labute approximate surface area is 101 Å². The fourth-order valence-corrected chi connectivity index (χ4v) is 2.25.